The second-order valence-electron chi connectivity index (χ2n) is 6.09. The van der Waals surface area contributed by atoms with Crippen LogP contribution in [0.5, 0.6) is 0 Å². The van der Waals surface area contributed by atoms with Crippen LogP contribution in [0.3, 0.4) is 0 Å². The Morgan fingerprint density at radius 1 is 1.21 bits per heavy atom. The van der Waals surface area contributed by atoms with Crippen molar-refractivity contribution in [2.45, 2.75) is 44.0 Å². The monoisotopic (exact) mass is 344 g/mol. The fourth-order valence-corrected chi connectivity index (χ4v) is 3.31. The third-order valence-corrected chi connectivity index (χ3v) is 4.57. The average molecular weight is 344 g/mol. The largest absolute Gasteiger partial charge is 0.439 e. The highest BCUT2D eigenvalue weighted by atomic mass is 19.4. The summed E-state index contributed by atoms with van der Waals surface area (Å²) in [5.41, 5.74) is -3.33. The van der Waals surface area contributed by atoms with E-state index in [0.717, 1.165) is 30.7 Å². The molecule has 1 aliphatic heterocycles. The fraction of sp³-hybridized carbons (Fsp3) is 0.500. The lowest BCUT2D eigenvalue weighted by Gasteiger charge is -2.37. The van der Waals surface area contributed by atoms with E-state index in [0.29, 0.717) is 19.3 Å². The molecule has 4 nitrogen and oxygen atoms in total. The molecular formula is C16H16F4N2O2. The zero-order valence-corrected chi connectivity index (χ0v) is 12.7. The van der Waals surface area contributed by atoms with E-state index in [2.05, 4.69) is 5.10 Å². The maximum absolute atomic E-state index is 13.7. The topological polar surface area (TPSA) is 52.9 Å². The van der Waals surface area contributed by atoms with Crippen LogP contribution < -0.4 is 0 Å². The van der Waals surface area contributed by atoms with Gasteiger partial charge in [-0.3, -0.25) is 4.79 Å². The van der Waals surface area contributed by atoms with Gasteiger partial charge in [0.1, 0.15) is 5.82 Å². The van der Waals surface area contributed by atoms with Crippen molar-refractivity contribution in [3.8, 4) is 0 Å². The number of fused-ring (bicyclic) bond motifs is 1. The number of aliphatic hydroxyl groups is 1. The summed E-state index contributed by atoms with van der Waals surface area (Å²) in [6.45, 7) is 0. The molecule has 0 saturated heterocycles. The molecule has 0 spiro atoms. The zero-order chi connectivity index (χ0) is 17.5. The Morgan fingerprint density at radius 3 is 2.50 bits per heavy atom. The van der Waals surface area contributed by atoms with E-state index in [1.807, 2.05) is 0 Å². The van der Waals surface area contributed by atoms with Crippen molar-refractivity contribution in [2.24, 2.45) is 11.0 Å². The third-order valence-electron chi connectivity index (χ3n) is 4.57. The van der Waals surface area contributed by atoms with Gasteiger partial charge >= 0.3 is 6.18 Å². The second-order valence-corrected chi connectivity index (χ2v) is 6.09. The Bertz CT molecular complexity index is 672. The zero-order valence-electron chi connectivity index (χ0n) is 12.7. The predicted octanol–water partition coefficient (Wildman–Crippen LogP) is 3.47. The quantitative estimate of drug-likeness (QED) is 0.793. The highest BCUT2D eigenvalue weighted by molar-refractivity contribution is 5.99. The van der Waals surface area contributed by atoms with E-state index >= 15 is 0 Å². The first-order valence-corrected chi connectivity index (χ1v) is 7.71. The first-order valence-electron chi connectivity index (χ1n) is 7.71. The van der Waals surface area contributed by atoms with Crippen molar-refractivity contribution in [3.63, 3.8) is 0 Å². The lowest BCUT2D eigenvalue weighted by molar-refractivity contribution is -0.312. The standard InChI is InChI=1S/C16H16F4N2O2/c17-11-8-6-10(7-9-11)14(23)22-15(24,16(18,19)20)12-4-2-1-3-5-13(12)21-22/h6-9,12,24H,1-5H2/t12-,15-/m1/s1. The Kier molecular flexibility index (Phi) is 4.11. The Morgan fingerprint density at radius 2 is 1.88 bits per heavy atom. The van der Waals surface area contributed by atoms with Gasteiger partial charge in [0, 0.05) is 11.3 Å². The first-order chi connectivity index (χ1) is 11.2. The van der Waals surface area contributed by atoms with Gasteiger partial charge in [-0.15, -0.1) is 0 Å². The van der Waals surface area contributed by atoms with Crippen LogP contribution in [0.4, 0.5) is 17.6 Å². The lowest BCUT2D eigenvalue weighted by Crippen LogP contribution is -2.61. The number of carbonyl (C=O) groups excluding carboxylic acids is 1. The Balaban J connectivity index is 2.03. The third kappa shape index (κ3) is 2.58. The molecule has 1 aromatic carbocycles. The molecule has 1 N–H and O–H groups in total. The van der Waals surface area contributed by atoms with Crippen molar-refractivity contribution in [1.82, 2.24) is 5.01 Å². The number of hydrogen-bond donors (Lipinski definition) is 1. The summed E-state index contributed by atoms with van der Waals surface area (Å²) in [6, 6.07) is 4.09. The molecule has 0 bridgehead atoms. The van der Waals surface area contributed by atoms with Crippen LogP contribution in [0, 0.1) is 11.7 Å². The molecule has 0 aromatic heterocycles. The van der Waals surface area contributed by atoms with Crippen LogP contribution in [0.25, 0.3) is 0 Å². The average Bonchev–Trinajstić information content (AvgIpc) is 2.68. The Hall–Kier alpha value is -1.96. The van der Waals surface area contributed by atoms with Crippen LogP contribution in [0.15, 0.2) is 29.4 Å². The van der Waals surface area contributed by atoms with Crippen molar-refractivity contribution < 1.29 is 27.5 Å². The molecule has 1 fully saturated rings. The molecule has 1 aromatic rings. The Labute approximate surface area is 135 Å². The second kappa shape index (κ2) is 5.84. The van der Waals surface area contributed by atoms with E-state index < -0.39 is 29.5 Å². The van der Waals surface area contributed by atoms with Crippen LogP contribution in [0.2, 0.25) is 0 Å². The van der Waals surface area contributed by atoms with Gasteiger partial charge in [-0.25, -0.2) is 4.39 Å². The maximum atomic E-state index is 13.7. The molecule has 24 heavy (non-hydrogen) atoms. The van der Waals surface area contributed by atoms with E-state index in [1.54, 1.807) is 0 Å². The summed E-state index contributed by atoms with van der Waals surface area (Å²) < 4.78 is 54.0. The highest BCUT2D eigenvalue weighted by Crippen LogP contribution is 2.47. The molecular weight excluding hydrogens is 328 g/mol. The molecule has 0 radical (unpaired) electrons. The summed E-state index contributed by atoms with van der Waals surface area (Å²) in [5.74, 6) is -2.98. The number of rotatable bonds is 1. The minimum Gasteiger partial charge on any atom is -0.362 e. The first kappa shape index (κ1) is 16.9. The summed E-state index contributed by atoms with van der Waals surface area (Å²) in [6.07, 6.45) is -2.67. The number of benzene rings is 1. The van der Waals surface area contributed by atoms with E-state index in [4.69, 9.17) is 0 Å². The van der Waals surface area contributed by atoms with E-state index in [-0.39, 0.29) is 22.7 Å². The minimum absolute atomic E-state index is 0.113. The van der Waals surface area contributed by atoms with Crippen LogP contribution in [-0.4, -0.2) is 33.6 Å². The van der Waals surface area contributed by atoms with Crippen LogP contribution in [0.1, 0.15) is 42.5 Å². The van der Waals surface area contributed by atoms with E-state index in [1.165, 1.54) is 0 Å². The molecule has 8 heteroatoms. The molecule has 3 rings (SSSR count). The van der Waals surface area contributed by atoms with Gasteiger partial charge in [0.15, 0.2) is 0 Å². The summed E-state index contributed by atoms with van der Waals surface area (Å²) in [7, 11) is 0. The SMILES string of the molecule is O=C(c1ccc(F)cc1)N1N=C2CCCCC[C@H]2[C@@]1(O)C(F)(F)F. The molecule has 1 aliphatic carbocycles. The number of hydrazone groups is 1. The van der Waals surface area contributed by atoms with Gasteiger partial charge < -0.3 is 5.11 Å². The number of nitrogens with zero attached hydrogens (tertiary/aromatic N) is 2. The number of carbonyl (C=O) groups is 1. The molecule has 130 valence electrons. The number of halogens is 4. The molecule has 2 aliphatic rings. The van der Waals surface area contributed by atoms with Gasteiger partial charge in [0.2, 0.25) is 0 Å². The number of hydrogen-bond acceptors (Lipinski definition) is 3. The van der Waals surface area contributed by atoms with Gasteiger partial charge in [-0.05, 0) is 43.5 Å². The predicted molar refractivity (Wildman–Crippen MR) is 77.6 cm³/mol. The summed E-state index contributed by atoms with van der Waals surface area (Å²) in [4.78, 5) is 12.5. The maximum Gasteiger partial charge on any atom is 0.439 e. The van der Waals surface area contributed by atoms with E-state index in [9.17, 15) is 27.5 Å². The number of amides is 1. The molecule has 2 atom stereocenters. The van der Waals surface area contributed by atoms with Crippen molar-refractivity contribution >= 4 is 11.6 Å². The summed E-state index contributed by atoms with van der Waals surface area (Å²) in [5, 5.41) is 14.4. The van der Waals surface area contributed by atoms with Crippen molar-refractivity contribution in [3.05, 3.63) is 35.6 Å². The van der Waals surface area contributed by atoms with Gasteiger partial charge in [0.25, 0.3) is 11.6 Å². The number of alkyl halides is 3. The molecule has 1 saturated carbocycles. The fourth-order valence-electron chi connectivity index (χ4n) is 3.31. The van der Waals surface area contributed by atoms with Crippen molar-refractivity contribution in [1.29, 1.82) is 0 Å². The van der Waals surface area contributed by atoms with Crippen LogP contribution in [-0.2, 0) is 0 Å². The van der Waals surface area contributed by atoms with Gasteiger partial charge in [0.05, 0.1) is 5.92 Å². The molecule has 1 amide bonds. The minimum atomic E-state index is -5.05. The highest BCUT2D eigenvalue weighted by Gasteiger charge is 2.68. The lowest BCUT2D eigenvalue weighted by atomic mass is 9.87. The molecule has 0 unspecified atom stereocenters. The van der Waals surface area contributed by atoms with Gasteiger partial charge in [-0.2, -0.15) is 23.3 Å². The van der Waals surface area contributed by atoms with Crippen molar-refractivity contribution in [2.75, 3.05) is 0 Å². The van der Waals surface area contributed by atoms with Crippen LogP contribution >= 0.6 is 0 Å². The smallest absolute Gasteiger partial charge is 0.362 e. The van der Waals surface area contributed by atoms with Gasteiger partial charge in [-0.1, -0.05) is 12.8 Å². The molecule has 1 heterocycles. The summed E-state index contributed by atoms with van der Waals surface area (Å²) >= 11 is 0. The normalized spacial score (nSPS) is 27.5.